The van der Waals surface area contributed by atoms with Crippen molar-refractivity contribution in [3.8, 4) is 11.5 Å². The van der Waals surface area contributed by atoms with Crippen LogP contribution in [0.2, 0.25) is 0 Å². The number of carbonyl (C=O) groups excluding carboxylic acids is 1. The monoisotopic (exact) mass is 264 g/mol. The topological polar surface area (TPSA) is 44.8 Å². The number of alkyl halides is 3. The van der Waals surface area contributed by atoms with E-state index in [0.29, 0.717) is 17.6 Å². The van der Waals surface area contributed by atoms with Crippen LogP contribution < -0.4 is 9.47 Å². The van der Waals surface area contributed by atoms with E-state index in [1.54, 1.807) is 0 Å². The molecule has 0 unspecified atom stereocenters. The first-order chi connectivity index (χ1) is 8.46. The second-order valence-electron chi connectivity index (χ2n) is 3.25. The van der Waals surface area contributed by atoms with E-state index in [4.69, 9.17) is 9.47 Å². The van der Waals surface area contributed by atoms with Crippen molar-refractivity contribution in [2.75, 3.05) is 20.5 Å². The molecule has 0 aliphatic heterocycles. The molecule has 1 aromatic carbocycles. The fourth-order valence-electron chi connectivity index (χ4n) is 1.14. The first-order valence-electron chi connectivity index (χ1n) is 4.87. The van der Waals surface area contributed by atoms with Crippen LogP contribution in [0, 0.1) is 0 Å². The molecule has 0 bridgehead atoms. The molecule has 1 aromatic rings. The van der Waals surface area contributed by atoms with Gasteiger partial charge in [-0.1, -0.05) is 0 Å². The van der Waals surface area contributed by atoms with E-state index in [0.717, 1.165) is 0 Å². The van der Waals surface area contributed by atoms with Crippen LogP contribution in [-0.4, -0.2) is 33.0 Å². The number of ether oxygens (including phenoxy) is 3. The fourth-order valence-corrected chi connectivity index (χ4v) is 1.14. The highest BCUT2D eigenvalue weighted by molar-refractivity contribution is 5.76. The summed E-state index contributed by atoms with van der Waals surface area (Å²) in [7, 11) is 1.37. The summed E-state index contributed by atoms with van der Waals surface area (Å²) in [5.74, 6) is 0.445. The Morgan fingerprint density at radius 2 is 2.00 bits per heavy atom. The minimum Gasteiger partial charge on any atom is -0.493 e. The van der Waals surface area contributed by atoms with Crippen LogP contribution in [0.25, 0.3) is 0 Å². The quantitative estimate of drug-likeness (QED) is 0.449. The standard InChI is InChI=1S/C11H11F3O4/c1-16-9-3-2-8(5-15)4-10(9)18-7-17-6-11(12,13)14/h2-5H,6-7H2,1H3. The highest BCUT2D eigenvalue weighted by atomic mass is 19.4. The van der Waals surface area contributed by atoms with Gasteiger partial charge in [0.2, 0.25) is 0 Å². The maximum absolute atomic E-state index is 11.8. The van der Waals surface area contributed by atoms with Crippen molar-refractivity contribution < 1.29 is 32.2 Å². The number of carbonyl (C=O) groups is 1. The van der Waals surface area contributed by atoms with Gasteiger partial charge in [-0.15, -0.1) is 0 Å². The molecular formula is C11H11F3O4. The summed E-state index contributed by atoms with van der Waals surface area (Å²) in [6.45, 7) is -1.99. The van der Waals surface area contributed by atoms with Crippen LogP contribution >= 0.6 is 0 Å². The largest absolute Gasteiger partial charge is 0.493 e. The average molecular weight is 264 g/mol. The molecule has 0 radical (unpaired) electrons. The van der Waals surface area contributed by atoms with Crippen molar-refractivity contribution in [3.63, 3.8) is 0 Å². The maximum Gasteiger partial charge on any atom is 0.411 e. The summed E-state index contributed by atoms with van der Waals surface area (Å²) in [6, 6.07) is 4.32. The zero-order chi connectivity index (χ0) is 13.6. The van der Waals surface area contributed by atoms with Crippen LogP contribution in [0.4, 0.5) is 13.2 Å². The molecule has 0 N–H and O–H groups in total. The SMILES string of the molecule is COc1ccc(C=O)cc1OCOCC(F)(F)F. The summed E-state index contributed by atoms with van der Waals surface area (Å²) in [4.78, 5) is 10.5. The van der Waals surface area contributed by atoms with Crippen molar-refractivity contribution in [2.24, 2.45) is 0 Å². The van der Waals surface area contributed by atoms with Gasteiger partial charge in [-0.25, -0.2) is 0 Å². The number of hydrogen-bond acceptors (Lipinski definition) is 4. The van der Waals surface area contributed by atoms with Crippen molar-refractivity contribution in [2.45, 2.75) is 6.18 Å². The lowest BCUT2D eigenvalue weighted by Crippen LogP contribution is -2.19. The van der Waals surface area contributed by atoms with E-state index in [1.165, 1.54) is 25.3 Å². The van der Waals surface area contributed by atoms with E-state index in [-0.39, 0.29) is 5.75 Å². The summed E-state index contributed by atoms with van der Waals surface area (Å²) in [6.07, 6.45) is -3.82. The number of benzene rings is 1. The lowest BCUT2D eigenvalue weighted by Gasteiger charge is -2.12. The Morgan fingerprint density at radius 3 is 2.56 bits per heavy atom. The van der Waals surface area contributed by atoms with Gasteiger partial charge in [0.1, 0.15) is 12.9 Å². The molecule has 0 aliphatic carbocycles. The summed E-state index contributed by atoms with van der Waals surface area (Å²) in [5.41, 5.74) is 0.321. The van der Waals surface area contributed by atoms with Crippen molar-refractivity contribution >= 4 is 6.29 Å². The maximum atomic E-state index is 11.8. The second kappa shape index (κ2) is 6.25. The number of aldehydes is 1. The van der Waals surface area contributed by atoms with Gasteiger partial charge in [0.25, 0.3) is 0 Å². The van der Waals surface area contributed by atoms with Crippen molar-refractivity contribution in [1.29, 1.82) is 0 Å². The number of hydrogen-bond donors (Lipinski definition) is 0. The second-order valence-corrected chi connectivity index (χ2v) is 3.25. The molecule has 1 rings (SSSR count). The third-order valence-corrected chi connectivity index (χ3v) is 1.89. The van der Waals surface area contributed by atoms with E-state index >= 15 is 0 Å². The van der Waals surface area contributed by atoms with E-state index in [1.807, 2.05) is 0 Å². The van der Waals surface area contributed by atoms with Crippen LogP contribution in [0.1, 0.15) is 10.4 Å². The first-order valence-corrected chi connectivity index (χ1v) is 4.87. The molecular weight excluding hydrogens is 253 g/mol. The van der Waals surface area contributed by atoms with E-state index in [9.17, 15) is 18.0 Å². The molecule has 4 nitrogen and oxygen atoms in total. The normalized spacial score (nSPS) is 11.1. The summed E-state index contributed by atoms with van der Waals surface area (Å²) < 4.78 is 49.5. The number of rotatable bonds is 6. The van der Waals surface area contributed by atoms with Crippen LogP contribution in [0.3, 0.4) is 0 Å². The lowest BCUT2D eigenvalue weighted by molar-refractivity contribution is -0.186. The van der Waals surface area contributed by atoms with E-state index < -0.39 is 19.6 Å². The molecule has 0 aromatic heterocycles. The molecule has 0 amide bonds. The Bertz CT molecular complexity index is 404. The zero-order valence-electron chi connectivity index (χ0n) is 9.49. The van der Waals surface area contributed by atoms with Gasteiger partial charge in [0.15, 0.2) is 18.3 Å². The fraction of sp³-hybridized carbons (Fsp3) is 0.364. The Labute approximate surface area is 101 Å². The Morgan fingerprint density at radius 1 is 1.28 bits per heavy atom. The third-order valence-electron chi connectivity index (χ3n) is 1.89. The molecule has 0 spiro atoms. The highest BCUT2D eigenvalue weighted by Gasteiger charge is 2.27. The van der Waals surface area contributed by atoms with Gasteiger partial charge in [-0.3, -0.25) is 4.79 Å². The van der Waals surface area contributed by atoms with Crippen LogP contribution in [0.15, 0.2) is 18.2 Å². The Kier molecular flexibility index (Phi) is 4.96. The molecule has 0 fully saturated rings. The minimum absolute atomic E-state index is 0.143. The highest BCUT2D eigenvalue weighted by Crippen LogP contribution is 2.27. The van der Waals surface area contributed by atoms with Gasteiger partial charge in [-0.2, -0.15) is 13.2 Å². The molecule has 7 heteroatoms. The van der Waals surface area contributed by atoms with Crippen LogP contribution in [0.5, 0.6) is 11.5 Å². The number of halogens is 3. The van der Waals surface area contributed by atoms with E-state index in [2.05, 4.69) is 4.74 Å². The zero-order valence-corrected chi connectivity index (χ0v) is 9.49. The predicted molar refractivity (Wildman–Crippen MR) is 55.9 cm³/mol. The third kappa shape index (κ3) is 4.62. The molecule has 100 valence electrons. The number of methoxy groups -OCH3 is 1. The Balaban J connectivity index is 2.57. The average Bonchev–Trinajstić information content (AvgIpc) is 2.33. The summed E-state index contributed by atoms with van der Waals surface area (Å²) in [5, 5.41) is 0. The van der Waals surface area contributed by atoms with Gasteiger partial charge in [0.05, 0.1) is 7.11 Å². The van der Waals surface area contributed by atoms with Crippen LogP contribution in [-0.2, 0) is 4.74 Å². The van der Waals surface area contributed by atoms with Gasteiger partial charge >= 0.3 is 6.18 Å². The summed E-state index contributed by atoms with van der Waals surface area (Å²) >= 11 is 0. The predicted octanol–water partition coefficient (Wildman–Crippen LogP) is 2.42. The lowest BCUT2D eigenvalue weighted by atomic mass is 10.2. The minimum atomic E-state index is -4.40. The molecule has 0 saturated carbocycles. The molecule has 18 heavy (non-hydrogen) atoms. The van der Waals surface area contributed by atoms with Gasteiger partial charge in [-0.05, 0) is 18.2 Å². The van der Waals surface area contributed by atoms with Crippen molar-refractivity contribution in [1.82, 2.24) is 0 Å². The van der Waals surface area contributed by atoms with Gasteiger partial charge in [0, 0.05) is 5.56 Å². The molecule has 0 heterocycles. The van der Waals surface area contributed by atoms with Crippen molar-refractivity contribution in [3.05, 3.63) is 23.8 Å². The molecule has 0 saturated heterocycles. The Hall–Kier alpha value is -1.76. The smallest absolute Gasteiger partial charge is 0.411 e. The first kappa shape index (κ1) is 14.3. The van der Waals surface area contributed by atoms with Gasteiger partial charge < -0.3 is 14.2 Å². The molecule has 0 aliphatic rings. The molecule has 0 atom stereocenters.